The van der Waals surface area contributed by atoms with Crippen molar-refractivity contribution in [1.29, 1.82) is 0 Å². The lowest BCUT2D eigenvalue weighted by atomic mass is 10.1. The van der Waals surface area contributed by atoms with Gasteiger partial charge in [0.1, 0.15) is 17.3 Å². The number of nitrogen functional groups attached to an aromatic ring is 1. The molecule has 0 bridgehead atoms. The first-order valence-electron chi connectivity index (χ1n) is 7.44. The van der Waals surface area contributed by atoms with Crippen molar-refractivity contribution in [3.05, 3.63) is 18.2 Å². The molecule has 1 aliphatic carbocycles. The number of nitrogens with zero attached hydrogens (tertiary/aromatic N) is 4. The van der Waals surface area contributed by atoms with Crippen molar-refractivity contribution in [1.82, 2.24) is 19.3 Å². The number of nitrogens with two attached hydrogens (primary N) is 1. The normalized spacial score (nSPS) is 16.4. The van der Waals surface area contributed by atoms with Crippen LogP contribution in [0.25, 0.3) is 11.3 Å². The second kappa shape index (κ2) is 4.96. The third kappa shape index (κ3) is 2.11. The smallest absolute Gasteiger partial charge is 0.131 e. The number of hydrogen-bond acceptors (Lipinski definition) is 3. The SMILES string of the molecule is CC(C)n1cc(-c2nc(C3CCCC3)n(C)c2N)cn1. The Hall–Kier alpha value is -1.78. The van der Waals surface area contributed by atoms with Gasteiger partial charge in [0.05, 0.1) is 6.20 Å². The molecule has 0 atom stereocenters. The van der Waals surface area contributed by atoms with Gasteiger partial charge in [0.2, 0.25) is 0 Å². The molecule has 0 radical (unpaired) electrons. The van der Waals surface area contributed by atoms with Gasteiger partial charge in [-0.05, 0) is 26.7 Å². The molecule has 3 rings (SSSR count). The molecule has 0 saturated heterocycles. The minimum Gasteiger partial charge on any atom is -0.383 e. The molecule has 1 fully saturated rings. The van der Waals surface area contributed by atoms with Gasteiger partial charge in [0.25, 0.3) is 0 Å². The highest BCUT2D eigenvalue weighted by Crippen LogP contribution is 2.36. The maximum Gasteiger partial charge on any atom is 0.131 e. The summed E-state index contributed by atoms with van der Waals surface area (Å²) in [7, 11) is 2.02. The van der Waals surface area contributed by atoms with Gasteiger partial charge in [-0.25, -0.2) is 4.98 Å². The first-order valence-corrected chi connectivity index (χ1v) is 7.44. The van der Waals surface area contributed by atoms with Gasteiger partial charge < -0.3 is 10.3 Å². The standard InChI is InChI=1S/C15H23N5/c1-10(2)20-9-12(8-17-20)13-14(16)19(3)15(18-13)11-6-4-5-7-11/h8-11H,4-7,16H2,1-3H3. The third-order valence-corrected chi connectivity index (χ3v) is 4.30. The van der Waals surface area contributed by atoms with Gasteiger partial charge in [-0.15, -0.1) is 0 Å². The molecule has 2 aromatic rings. The summed E-state index contributed by atoms with van der Waals surface area (Å²) < 4.78 is 4.00. The molecule has 0 spiro atoms. The van der Waals surface area contributed by atoms with Crippen molar-refractivity contribution >= 4 is 5.82 Å². The van der Waals surface area contributed by atoms with Crippen molar-refractivity contribution in [3.8, 4) is 11.3 Å². The van der Waals surface area contributed by atoms with Gasteiger partial charge in [-0.1, -0.05) is 12.8 Å². The Morgan fingerprint density at radius 1 is 1.30 bits per heavy atom. The summed E-state index contributed by atoms with van der Waals surface area (Å²) in [5, 5.41) is 4.38. The highest BCUT2D eigenvalue weighted by molar-refractivity contribution is 5.70. The maximum absolute atomic E-state index is 6.25. The Morgan fingerprint density at radius 3 is 2.60 bits per heavy atom. The Balaban J connectivity index is 1.98. The van der Waals surface area contributed by atoms with E-state index in [2.05, 4.69) is 23.5 Å². The lowest BCUT2D eigenvalue weighted by Crippen LogP contribution is -2.05. The molecule has 0 unspecified atom stereocenters. The van der Waals surface area contributed by atoms with Crippen LogP contribution in [-0.4, -0.2) is 19.3 Å². The van der Waals surface area contributed by atoms with E-state index in [9.17, 15) is 0 Å². The van der Waals surface area contributed by atoms with Crippen LogP contribution in [0.1, 0.15) is 57.3 Å². The van der Waals surface area contributed by atoms with Crippen LogP contribution in [0.4, 0.5) is 5.82 Å². The minimum atomic E-state index is 0.350. The summed E-state index contributed by atoms with van der Waals surface area (Å²) in [5.74, 6) is 2.44. The molecule has 5 heteroatoms. The van der Waals surface area contributed by atoms with Crippen LogP contribution in [0.2, 0.25) is 0 Å². The predicted molar refractivity (Wildman–Crippen MR) is 80.4 cm³/mol. The van der Waals surface area contributed by atoms with Gasteiger partial charge >= 0.3 is 0 Å². The molecular weight excluding hydrogens is 250 g/mol. The average molecular weight is 273 g/mol. The molecule has 2 aromatic heterocycles. The summed E-state index contributed by atoms with van der Waals surface area (Å²) in [6.45, 7) is 4.23. The van der Waals surface area contributed by atoms with Gasteiger partial charge in [0, 0.05) is 30.8 Å². The van der Waals surface area contributed by atoms with E-state index < -0.39 is 0 Å². The van der Waals surface area contributed by atoms with Crippen LogP contribution in [0.5, 0.6) is 0 Å². The van der Waals surface area contributed by atoms with Crippen molar-refractivity contribution in [3.63, 3.8) is 0 Å². The monoisotopic (exact) mass is 273 g/mol. The summed E-state index contributed by atoms with van der Waals surface area (Å²) >= 11 is 0. The molecule has 0 aliphatic heterocycles. The Morgan fingerprint density at radius 2 is 2.00 bits per heavy atom. The number of rotatable bonds is 3. The molecular formula is C15H23N5. The van der Waals surface area contributed by atoms with Gasteiger partial charge in [-0.3, -0.25) is 4.68 Å². The second-order valence-corrected chi connectivity index (χ2v) is 6.05. The second-order valence-electron chi connectivity index (χ2n) is 6.05. The number of imidazole rings is 1. The third-order valence-electron chi connectivity index (χ3n) is 4.30. The molecule has 20 heavy (non-hydrogen) atoms. The largest absolute Gasteiger partial charge is 0.383 e. The highest BCUT2D eigenvalue weighted by Gasteiger charge is 2.24. The maximum atomic E-state index is 6.25. The Bertz CT molecular complexity index is 602. The molecule has 1 aliphatic rings. The van der Waals surface area contributed by atoms with Crippen LogP contribution in [-0.2, 0) is 7.05 Å². The average Bonchev–Trinajstić information content (AvgIpc) is 3.12. The van der Waals surface area contributed by atoms with E-state index in [0.717, 1.165) is 22.9 Å². The summed E-state index contributed by atoms with van der Waals surface area (Å²) in [4.78, 5) is 4.82. The summed E-state index contributed by atoms with van der Waals surface area (Å²) in [5.41, 5.74) is 8.14. The molecule has 0 aromatic carbocycles. The predicted octanol–water partition coefficient (Wildman–Crippen LogP) is 3.10. The van der Waals surface area contributed by atoms with Crippen molar-refractivity contribution in [2.75, 3.05) is 5.73 Å². The van der Waals surface area contributed by atoms with Crippen LogP contribution in [0.15, 0.2) is 12.4 Å². The number of hydrogen-bond donors (Lipinski definition) is 1. The van der Waals surface area contributed by atoms with E-state index in [4.69, 9.17) is 10.7 Å². The minimum absolute atomic E-state index is 0.350. The molecule has 1 saturated carbocycles. The van der Waals surface area contributed by atoms with E-state index in [-0.39, 0.29) is 0 Å². The van der Waals surface area contributed by atoms with E-state index in [1.54, 1.807) is 0 Å². The fourth-order valence-corrected chi connectivity index (χ4v) is 3.03. The zero-order valence-corrected chi connectivity index (χ0v) is 12.5. The fourth-order valence-electron chi connectivity index (χ4n) is 3.03. The fraction of sp³-hybridized carbons (Fsp3) is 0.600. The van der Waals surface area contributed by atoms with Gasteiger partial charge in [-0.2, -0.15) is 5.10 Å². The van der Waals surface area contributed by atoms with E-state index in [0.29, 0.717) is 12.0 Å². The first-order chi connectivity index (χ1) is 9.58. The van der Waals surface area contributed by atoms with Crippen LogP contribution >= 0.6 is 0 Å². The summed E-state index contributed by atoms with van der Waals surface area (Å²) in [6, 6.07) is 0.350. The van der Waals surface area contributed by atoms with Crippen molar-refractivity contribution in [2.24, 2.45) is 7.05 Å². The molecule has 2 heterocycles. The van der Waals surface area contributed by atoms with E-state index >= 15 is 0 Å². The lowest BCUT2D eigenvalue weighted by molar-refractivity contribution is 0.532. The Labute approximate surface area is 119 Å². The van der Waals surface area contributed by atoms with Gasteiger partial charge in [0.15, 0.2) is 0 Å². The Kier molecular flexibility index (Phi) is 3.28. The first kappa shape index (κ1) is 13.2. The zero-order valence-electron chi connectivity index (χ0n) is 12.5. The van der Waals surface area contributed by atoms with Crippen LogP contribution in [0, 0.1) is 0 Å². The van der Waals surface area contributed by atoms with E-state index in [1.165, 1.54) is 25.7 Å². The topological polar surface area (TPSA) is 61.7 Å². The highest BCUT2D eigenvalue weighted by atomic mass is 15.3. The lowest BCUT2D eigenvalue weighted by Gasteiger charge is -2.08. The zero-order chi connectivity index (χ0) is 14.3. The number of aromatic nitrogens is 4. The van der Waals surface area contributed by atoms with Crippen LogP contribution < -0.4 is 5.73 Å². The molecule has 108 valence electrons. The molecule has 5 nitrogen and oxygen atoms in total. The quantitative estimate of drug-likeness (QED) is 0.934. The van der Waals surface area contributed by atoms with Crippen molar-refractivity contribution in [2.45, 2.75) is 51.5 Å². The van der Waals surface area contributed by atoms with Crippen LogP contribution in [0.3, 0.4) is 0 Å². The van der Waals surface area contributed by atoms with E-state index in [1.807, 2.05) is 24.1 Å². The summed E-state index contributed by atoms with van der Waals surface area (Å²) in [6.07, 6.45) is 8.96. The molecule has 2 N–H and O–H groups in total. The number of anilines is 1. The van der Waals surface area contributed by atoms with Crippen molar-refractivity contribution < 1.29 is 0 Å². The molecule has 0 amide bonds.